The Morgan fingerprint density at radius 2 is 2.09 bits per heavy atom. The second-order valence-electron chi connectivity index (χ2n) is 6.46. The third-order valence-corrected chi connectivity index (χ3v) is 5.47. The van der Waals surface area contributed by atoms with E-state index in [4.69, 9.17) is 0 Å². The second kappa shape index (κ2) is 7.41. The van der Waals surface area contributed by atoms with E-state index < -0.39 is 0 Å². The lowest BCUT2D eigenvalue weighted by molar-refractivity contribution is -0.120. The van der Waals surface area contributed by atoms with Crippen molar-refractivity contribution in [2.75, 3.05) is 37.5 Å². The van der Waals surface area contributed by atoms with E-state index in [1.54, 1.807) is 0 Å². The van der Waals surface area contributed by atoms with E-state index in [9.17, 15) is 4.79 Å². The van der Waals surface area contributed by atoms with E-state index in [1.165, 1.54) is 10.9 Å². The van der Waals surface area contributed by atoms with Crippen LogP contribution in [-0.4, -0.2) is 47.5 Å². The Morgan fingerprint density at radius 3 is 2.83 bits per heavy atom. The van der Waals surface area contributed by atoms with Gasteiger partial charge in [0.15, 0.2) is 0 Å². The number of nitrogens with zero attached hydrogens (tertiary/aromatic N) is 2. The van der Waals surface area contributed by atoms with E-state index >= 15 is 0 Å². The van der Waals surface area contributed by atoms with Crippen LogP contribution in [0.15, 0.2) is 30.5 Å². The molecule has 4 nitrogen and oxygen atoms in total. The summed E-state index contributed by atoms with van der Waals surface area (Å²) < 4.78 is 2.25. The van der Waals surface area contributed by atoms with Crippen LogP contribution < -0.4 is 5.32 Å². The Hall–Kier alpha value is -1.46. The van der Waals surface area contributed by atoms with Crippen LogP contribution >= 0.6 is 11.8 Å². The number of hydrogen-bond acceptors (Lipinski definition) is 3. The number of rotatable bonds is 5. The zero-order chi connectivity index (χ0) is 16.2. The van der Waals surface area contributed by atoms with Crippen molar-refractivity contribution in [3.63, 3.8) is 0 Å². The van der Waals surface area contributed by atoms with Gasteiger partial charge in [-0.05, 0) is 62.0 Å². The number of fused-ring (bicyclic) bond motifs is 1. The highest BCUT2D eigenvalue weighted by molar-refractivity contribution is 7.99. The average Bonchev–Trinajstić information content (AvgIpc) is 2.96. The summed E-state index contributed by atoms with van der Waals surface area (Å²) in [5.41, 5.74) is 2.09. The van der Waals surface area contributed by atoms with Gasteiger partial charge in [-0.15, -0.1) is 0 Å². The van der Waals surface area contributed by atoms with E-state index in [0.29, 0.717) is 0 Å². The molecule has 124 valence electrons. The quantitative estimate of drug-likeness (QED) is 0.913. The molecule has 1 aromatic carbocycles. The first-order valence-electron chi connectivity index (χ1n) is 8.26. The molecule has 1 amide bonds. The molecule has 1 saturated heterocycles. The maximum atomic E-state index is 12.4. The predicted octanol–water partition coefficient (Wildman–Crippen LogP) is 3.28. The Labute approximate surface area is 142 Å². The molecule has 0 atom stereocenters. The van der Waals surface area contributed by atoms with Gasteiger partial charge in [-0.1, -0.05) is 6.07 Å². The molecular formula is C18H25N3OS. The number of carbonyl (C=O) groups is 1. The molecule has 1 aliphatic rings. The number of thioether (sulfide) groups is 1. The van der Waals surface area contributed by atoms with Crippen molar-refractivity contribution >= 4 is 34.3 Å². The highest BCUT2D eigenvalue weighted by Crippen LogP contribution is 2.25. The van der Waals surface area contributed by atoms with Crippen molar-refractivity contribution in [1.29, 1.82) is 0 Å². The van der Waals surface area contributed by atoms with Gasteiger partial charge in [0.1, 0.15) is 0 Å². The summed E-state index contributed by atoms with van der Waals surface area (Å²) in [4.78, 5) is 14.6. The van der Waals surface area contributed by atoms with Crippen LogP contribution in [0.3, 0.4) is 0 Å². The van der Waals surface area contributed by atoms with Crippen molar-refractivity contribution < 1.29 is 4.79 Å². The monoisotopic (exact) mass is 331 g/mol. The first kappa shape index (κ1) is 16.4. The minimum absolute atomic E-state index is 0.174. The summed E-state index contributed by atoms with van der Waals surface area (Å²) in [6.45, 7) is 1.95. The fourth-order valence-corrected chi connectivity index (χ4v) is 4.07. The minimum Gasteiger partial charge on any atom is -0.346 e. The van der Waals surface area contributed by atoms with Gasteiger partial charge >= 0.3 is 0 Å². The summed E-state index contributed by atoms with van der Waals surface area (Å²) in [6, 6.07) is 8.33. The topological polar surface area (TPSA) is 37.3 Å². The number of nitrogens with one attached hydrogen (secondary N) is 1. The first-order valence-corrected chi connectivity index (χ1v) is 9.41. The van der Waals surface area contributed by atoms with E-state index in [2.05, 4.69) is 53.3 Å². The van der Waals surface area contributed by atoms with E-state index in [-0.39, 0.29) is 11.8 Å². The van der Waals surface area contributed by atoms with Crippen molar-refractivity contribution in [2.24, 2.45) is 5.92 Å². The molecule has 23 heavy (non-hydrogen) atoms. The van der Waals surface area contributed by atoms with Gasteiger partial charge in [0, 0.05) is 30.9 Å². The van der Waals surface area contributed by atoms with Crippen LogP contribution in [0.4, 0.5) is 5.69 Å². The third-order valence-electron chi connectivity index (χ3n) is 4.42. The van der Waals surface area contributed by atoms with Crippen LogP contribution in [0.2, 0.25) is 0 Å². The molecule has 0 spiro atoms. The second-order valence-corrected chi connectivity index (χ2v) is 7.69. The van der Waals surface area contributed by atoms with Crippen LogP contribution in [0.25, 0.3) is 10.9 Å². The van der Waals surface area contributed by atoms with E-state index in [0.717, 1.165) is 43.1 Å². The van der Waals surface area contributed by atoms with Gasteiger partial charge in [-0.2, -0.15) is 11.8 Å². The summed E-state index contributed by atoms with van der Waals surface area (Å²) in [7, 11) is 4.17. The normalized spacial score (nSPS) is 16.1. The fourth-order valence-electron chi connectivity index (χ4n) is 2.97. The zero-order valence-corrected chi connectivity index (χ0v) is 14.7. The molecule has 0 bridgehead atoms. The van der Waals surface area contributed by atoms with E-state index in [1.807, 2.05) is 17.8 Å². The molecule has 0 unspecified atom stereocenters. The van der Waals surface area contributed by atoms with Gasteiger partial charge in [0.25, 0.3) is 0 Å². The number of aromatic nitrogens is 1. The third kappa shape index (κ3) is 4.09. The predicted molar refractivity (Wildman–Crippen MR) is 99.2 cm³/mol. The number of amides is 1. The molecule has 1 aromatic heterocycles. The standard InChI is InChI=1S/C18H25N3OS/c1-20(2)9-10-21-8-5-14-3-4-16(13-17(14)21)19-18(22)15-6-11-23-12-7-15/h3-5,8,13,15H,6-7,9-12H2,1-2H3,(H,19,22). The van der Waals surface area contributed by atoms with Gasteiger partial charge < -0.3 is 14.8 Å². The molecule has 0 radical (unpaired) electrons. The maximum Gasteiger partial charge on any atom is 0.227 e. The van der Waals surface area contributed by atoms with Crippen LogP contribution in [-0.2, 0) is 11.3 Å². The van der Waals surface area contributed by atoms with Crippen molar-refractivity contribution in [3.8, 4) is 0 Å². The van der Waals surface area contributed by atoms with Crippen LogP contribution in [0.5, 0.6) is 0 Å². The molecule has 1 N–H and O–H groups in total. The Balaban J connectivity index is 1.73. The summed E-state index contributed by atoms with van der Waals surface area (Å²) in [5, 5.41) is 4.33. The summed E-state index contributed by atoms with van der Waals surface area (Å²) in [6.07, 6.45) is 4.12. The van der Waals surface area contributed by atoms with Gasteiger partial charge in [-0.25, -0.2) is 0 Å². The fraction of sp³-hybridized carbons (Fsp3) is 0.500. The van der Waals surface area contributed by atoms with Gasteiger partial charge in [0.05, 0.1) is 5.52 Å². The van der Waals surface area contributed by atoms with Crippen LogP contribution in [0, 0.1) is 5.92 Å². The number of benzene rings is 1. The molecule has 1 fully saturated rings. The number of likely N-dealkylation sites (N-methyl/N-ethyl adjacent to an activating group) is 1. The number of hydrogen-bond donors (Lipinski definition) is 1. The van der Waals surface area contributed by atoms with Crippen molar-refractivity contribution in [1.82, 2.24) is 9.47 Å². The van der Waals surface area contributed by atoms with Gasteiger partial charge in [-0.3, -0.25) is 4.79 Å². The highest BCUT2D eigenvalue weighted by atomic mass is 32.2. The molecular weight excluding hydrogens is 306 g/mol. The maximum absolute atomic E-state index is 12.4. The summed E-state index contributed by atoms with van der Waals surface area (Å²) >= 11 is 1.95. The molecule has 2 heterocycles. The lowest BCUT2D eigenvalue weighted by atomic mass is 10.0. The highest BCUT2D eigenvalue weighted by Gasteiger charge is 2.21. The van der Waals surface area contributed by atoms with Gasteiger partial charge in [0.2, 0.25) is 5.91 Å². The smallest absolute Gasteiger partial charge is 0.227 e. The molecule has 0 saturated carbocycles. The van der Waals surface area contributed by atoms with Crippen molar-refractivity contribution in [2.45, 2.75) is 19.4 Å². The lowest BCUT2D eigenvalue weighted by Gasteiger charge is -2.20. The minimum atomic E-state index is 0.174. The molecule has 5 heteroatoms. The lowest BCUT2D eigenvalue weighted by Crippen LogP contribution is -2.26. The first-order chi connectivity index (χ1) is 11.1. The SMILES string of the molecule is CN(C)CCn1ccc2ccc(NC(=O)C3CCSCC3)cc21. The molecule has 2 aromatic rings. The average molecular weight is 331 g/mol. The Morgan fingerprint density at radius 1 is 1.30 bits per heavy atom. The molecule has 1 aliphatic heterocycles. The zero-order valence-electron chi connectivity index (χ0n) is 13.9. The Bertz CT molecular complexity index is 674. The summed E-state index contributed by atoms with van der Waals surface area (Å²) in [5.74, 6) is 2.55. The molecule has 0 aliphatic carbocycles. The Kier molecular flexibility index (Phi) is 5.28. The number of anilines is 1. The van der Waals surface area contributed by atoms with Crippen molar-refractivity contribution in [3.05, 3.63) is 30.5 Å². The molecule has 3 rings (SSSR count). The van der Waals surface area contributed by atoms with Crippen LogP contribution in [0.1, 0.15) is 12.8 Å². The number of carbonyl (C=O) groups excluding carboxylic acids is 1. The largest absolute Gasteiger partial charge is 0.346 e.